The van der Waals surface area contributed by atoms with Gasteiger partial charge in [0.25, 0.3) is 0 Å². The summed E-state index contributed by atoms with van der Waals surface area (Å²) in [6, 6.07) is 16.5. The number of hydrogen-bond donors (Lipinski definition) is 2. The SMILES string of the molecule is Cc1cc(C)n(C(C)C(=O)Nc2ccc(NC(=O)Cn3c(C)cc4ccccc43)cc2Cl)n1. The number of carbonyl (C=O) groups is 2. The van der Waals surface area contributed by atoms with E-state index in [1.54, 1.807) is 29.8 Å². The first-order valence-electron chi connectivity index (χ1n) is 10.7. The Hall–Kier alpha value is -3.58. The van der Waals surface area contributed by atoms with Crippen LogP contribution < -0.4 is 10.6 Å². The van der Waals surface area contributed by atoms with E-state index in [-0.39, 0.29) is 18.4 Å². The number of fused-ring (bicyclic) bond motifs is 1. The second-order valence-electron chi connectivity index (χ2n) is 8.21. The maximum absolute atomic E-state index is 12.7. The van der Waals surface area contributed by atoms with Gasteiger partial charge in [0.1, 0.15) is 12.6 Å². The van der Waals surface area contributed by atoms with Crippen LogP contribution >= 0.6 is 11.6 Å². The van der Waals surface area contributed by atoms with Crippen molar-refractivity contribution in [3.05, 3.63) is 76.7 Å². The number of halogens is 1. The van der Waals surface area contributed by atoms with Gasteiger partial charge in [0.15, 0.2) is 0 Å². The van der Waals surface area contributed by atoms with Gasteiger partial charge in [-0.3, -0.25) is 14.3 Å². The number of benzene rings is 2. The maximum Gasteiger partial charge on any atom is 0.248 e. The van der Waals surface area contributed by atoms with E-state index in [0.29, 0.717) is 16.4 Å². The van der Waals surface area contributed by atoms with Gasteiger partial charge in [-0.05, 0) is 69.5 Å². The summed E-state index contributed by atoms with van der Waals surface area (Å²) in [5.41, 5.74) is 4.82. The Bertz CT molecular complexity index is 1350. The first kappa shape index (κ1) is 22.6. The Labute approximate surface area is 197 Å². The monoisotopic (exact) mass is 463 g/mol. The number of para-hydroxylation sites is 1. The molecule has 2 N–H and O–H groups in total. The van der Waals surface area contributed by atoms with Crippen LogP contribution in [0.2, 0.25) is 5.02 Å². The van der Waals surface area contributed by atoms with Gasteiger partial charge < -0.3 is 15.2 Å². The maximum atomic E-state index is 12.7. The van der Waals surface area contributed by atoms with E-state index in [9.17, 15) is 9.59 Å². The smallest absolute Gasteiger partial charge is 0.248 e. The minimum absolute atomic E-state index is 0.162. The van der Waals surface area contributed by atoms with Crippen molar-refractivity contribution in [1.29, 1.82) is 0 Å². The molecule has 1 atom stereocenters. The number of nitrogens with zero attached hydrogens (tertiary/aromatic N) is 3. The molecule has 1 unspecified atom stereocenters. The molecule has 0 aliphatic carbocycles. The Morgan fingerprint density at radius 3 is 2.45 bits per heavy atom. The highest BCUT2D eigenvalue weighted by Gasteiger charge is 2.19. The summed E-state index contributed by atoms with van der Waals surface area (Å²) >= 11 is 6.40. The van der Waals surface area contributed by atoms with Crippen molar-refractivity contribution in [2.24, 2.45) is 0 Å². The van der Waals surface area contributed by atoms with Gasteiger partial charge in [0.05, 0.1) is 16.4 Å². The highest BCUT2D eigenvalue weighted by atomic mass is 35.5. The summed E-state index contributed by atoms with van der Waals surface area (Å²) in [5, 5.41) is 11.5. The number of anilines is 2. The first-order valence-corrected chi connectivity index (χ1v) is 11.1. The lowest BCUT2D eigenvalue weighted by Gasteiger charge is -2.16. The highest BCUT2D eigenvalue weighted by Crippen LogP contribution is 2.27. The van der Waals surface area contributed by atoms with Crippen molar-refractivity contribution in [2.45, 2.75) is 40.3 Å². The van der Waals surface area contributed by atoms with E-state index in [1.165, 1.54) is 0 Å². The summed E-state index contributed by atoms with van der Waals surface area (Å²) in [6.45, 7) is 7.75. The van der Waals surface area contributed by atoms with Crippen LogP contribution in [0.5, 0.6) is 0 Å². The summed E-state index contributed by atoms with van der Waals surface area (Å²) in [6.07, 6.45) is 0. The van der Waals surface area contributed by atoms with E-state index in [0.717, 1.165) is 28.0 Å². The van der Waals surface area contributed by atoms with E-state index < -0.39 is 6.04 Å². The Morgan fingerprint density at radius 1 is 1.00 bits per heavy atom. The molecule has 7 nitrogen and oxygen atoms in total. The van der Waals surface area contributed by atoms with Crippen LogP contribution in [0.3, 0.4) is 0 Å². The normalized spacial score (nSPS) is 12.0. The third-order valence-electron chi connectivity index (χ3n) is 5.62. The fourth-order valence-corrected chi connectivity index (χ4v) is 4.21. The minimum atomic E-state index is -0.492. The largest absolute Gasteiger partial charge is 0.335 e. The highest BCUT2D eigenvalue weighted by molar-refractivity contribution is 6.34. The number of nitrogens with one attached hydrogen (secondary N) is 2. The van der Waals surface area contributed by atoms with Crippen molar-refractivity contribution < 1.29 is 9.59 Å². The molecule has 2 aromatic carbocycles. The predicted molar refractivity (Wildman–Crippen MR) is 132 cm³/mol. The van der Waals surface area contributed by atoms with E-state index in [2.05, 4.69) is 21.8 Å². The molecule has 4 rings (SSSR count). The summed E-state index contributed by atoms with van der Waals surface area (Å²) in [5.74, 6) is -0.389. The second-order valence-corrected chi connectivity index (χ2v) is 8.62. The molecule has 0 saturated carbocycles. The molecule has 2 heterocycles. The van der Waals surface area contributed by atoms with Crippen molar-refractivity contribution in [1.82, 2.24) is 14.3 Å². The molecule has 4 aromatic rings. The molecule has 0 aliphatic rings. The molecule has 2 amide bonds. The van der Waals surface area contributed by atoms with Crippen molar-refractivity contribution in [3.63, 3.8) is 0 Å². The van der Waals surface area contributed by atoms with Crippen LogP contribution in [0.25, 0.3) is 10.9 Å². The minimum Gasteiger partial charge on any atom is -0.335 e. The molecular formula is C25H26ClN5O2. The third-order valence-corrected chi connectivity index (χ3v) is 5.93. The average Bonchev–Trinajstić information content (AvgIpc) is 3.27. The first-order chi connectivity index (χ1) is 15.7. The number of aromatic nitrogens is 3. The molecular weight excluding hydrogens is 438 g/mol. The quantitative estimate of drug-likeness (QED) is 0.409. The summed E-state index contributed by atoms with van der Waals surface area (Å²) in [7, 11) is 0. The molecule has 0 aliphatic heterocycles. The van der Waals surface area contributed by atoms with Gasteiger partial charge >= 0.3 is 0 Å². The van der Waals surface area contributed by atoms with Gasteiger partial charge in [-0.2, -0.15) is 5.10 Å². The lowest BCUT2D eigenvalue weighted by molar-refractivity contribution is -0.119. The fourth-order valence-electron chi connectivity index (χ4n) is 3.98. The van der Waals surface area contributed by atoms with Crippen LogP contribution in [0.1, 0.15) is 30.0 Å². The van der Waals surface area contributed by atoms with Gasteiger partial charge in [-0.1, -0.05) is 29.8 Å². The van der Waals surface area contributed by atoms with E-state index in [4.69, 9.17) is 11.6 Å². The number of amides is 2. The Kier molecular flexibility index (Phi) is 6.24. The number of rotatable bonds is 6. The van der Waals surface area contributed by atoms with Crippen LogP contribution in [0.15, 0.2) is 54.6 Å². The van der Waals surface area contributed by atoms with Crippen LogP contribution in [0.4, 0.5) is 11.4 Å². The fraction of sp³-hybridized carbons (Fsp3) is 0.240. The van der Waals surface area contributed by atoms with Crippen molar-refractivity contribution in [3.8, 4) is 0 Å². The molecule has 33 heavy (non-hydrogen) atoms. The molecule has 0 spiro atoms. The molecule has 0 radical (unpaired) electrons. The summed E-state index contributed by atoms with van der Waals surface area (Å²) < 4.78 is 3.65. The topological polar surface area (TPSA) is 81.0 Å². The number of carbonyl (C=O) groups excluding carboxylic acids is 2. The van der Waals surface area contributed by atoms with Crippen molar-refractivity contribution in [2.75, 3.05) is 10.6 Å². The Morgan fingerprint density at radius 2 is 1.76 bits per heavy atom. The van der Waals surface area contributed by atoms with Crippen LogP contribution in [0, 0.1) is 20.8 Å². The lowest BCUT2D eigenvalue weighted by Crippen LogP contribution is -2.25. The molecule has 170 valence electrons. The Balaban J connectivity index is 1.43. The number of hydrogen-bond acceptors (Lipinski definition) is 3. The van der Waals surface area contributed by atoms with E-state index in [1.807, 2.05) is 55.7 Å². The zero-order valence-corrected chi connectivity index (χ0v) is 19.8. The van der Waals surface area contributed by atoms with Gasteiger partial charge in [-0.15, -0.1) is 0 Å². The second kappa shape index (κ2) is 9.11. The summed E-state index contributed by atoms with van der Waals surface area (Å²) in [4.78, 5) is 25.4. The zero-order chi connectivity index (χ0) is 23.7. The predicted octanol–water partition coefficient (Wildman–Crippen LogP) is 5.25. The number of aryl methyl sites for hydroxylation is 3. The van der Waals surface area contributed by atoms with Gasteiger partial charge in [-0.25, -0.2) is 0 Å². The molecule has 2 aromatic heterocycles. The molecule has 0 fully saturated rings. The molecule has 0 bridgehead atoms. The average molecular weight is 464 g/mol. The molecule has 0 saturated heterocycles. The van der Waals surface area contributed by atoms with Gasteiger partial charge in [0.2, 0.25) is 11.8 Å². The lowest BCUT2D eigenvalue weighted by atomic mass is 10.2. The van der Waals surface area contributed by atoms with E-state index >= 15 is 0 Å². The van der Waals surface area contributed by atoms with Gasteiger partial charge in [0, 0.05) is 22.6 Å². The van der Waals surface area contributed by atoms with Crippen LogP contribution in [-0.4, -0.2) is 26.2 Å². The molecule has 8 heteroatoms. The standard InChI is InChI=1S/C25H26ClN5O2/c1-15-11-17(3)31(29-15)18(4)25(33)28-22-10-9-20(13-21(22)26)27-24(32)14-30-16(2)12-19-7-5-6-8-23(19)30/h5-13,18H,14H2,1-4H3,(H,27,32)(H,28,33). The zero-order valence-electron chi connectivity index (χ0n) is 19.0. The van der Waals surface area contributed by atoms with Crippen molar-refractivity contribution >= 4 is 45.7 Å². The van der Waals surface area contributed by atoms with Crippen LogP contribution in [-0.2, 0) is 16.1 Å². The third kappa shape index (κ3) is 4.78.